The Morgan fingerprint density at radius 1 is 0.923 bits per heavy atom. The van der Waals surface area contributed by atoms with Gasteiger partial charge in [0.05, 0.1) is 25.6 Å². The lowest BCUT2D eigenvalue weighted by Gasteiger charge is -2.37. The number of carbonyl (C=O) groups is 2. The van der Waals surface area contributed by atoms with Crippen LogP contribution in [0.5, 0.6) is 5.75 Å². The predicted molar refractivity (Wildman–Crippen MR) is 98.9 cm³/mol. The van der Waals surface area contributed by atoms with Crippen molar-refractivity contribution < 1.29 is 14.3 Å². The van der Waals surface area contributed by atoms with E-state index in [0.29, 0.717) is 6.67 Å². The van der Waals surface area contributed by atoms with Crippen LogP contribution in [0.2, 0.25) is 0 Å². The Labute approximate surface area is 154 Å². The Hall–Kier alpha value is -2.08. The number of carbonyl (C=O) groups excluding carboxylic acids is 2. The molecule has 6 heteroatoms. The zero-order chi connectivity index (χ0) is 18.1. The minimum Gasteiger partial charge on any atom is -0.497 e. The fraction of sp³-hybridized carbons (Fsp3) is 0.600. The SMILES string of the molecule is COc1ccc(N2CCN(CN3C(=O)[C@@H]4CCCC[C@H]4C3=O)CC2)cc1. The van der Waals surface area contributed by atoms with Gasteiger partial charge in [0.15, 0.2) is 0 Å². The lowest BCUT2D eigenvalue weighted by molar-refractivity contribution is -0.142. The highest BCUT2D eigenvalue weighted by Gasteiger charge is 2.48. The normalized spacial score (nSPS) is 27.0. The third-order valence-corrected chi connectivity index (χ3v) is 6.08. The summed E-state index contributed by atoms with van der Waals surface area (Å²) in [5, 5.41) is 0. The molecule has 3 aliphatic rings. The van der Waals surface area contributed by atoms with Crippen molar-refractivity contribution in [3.63, 3.8) is 0 Å². The lowest BCUT2D eigenvalue weighted by atomic mass is 9.81. The molecule has 0 radical (unpaired) electrons. The van der Waals surface area contributed by atoms with Gasteiger partial charge in [-0.05, 0) is 37.1 Å². The van der Waals surface area contributed by atoms with E-state index >= 15 is 0 Å². The Morgan fingerprint density at radius 2 is 1.50 bits per heavy atom. The first-order valence-corrected chi connectivity index (χ1v) is 9.64. The Kier molecular flexibility index (Phi) is 4.85. The number of fused-ring (bicyclic) bond motifs is 1. The lowest BCUT2D eigenvalue weighted by Crippen LogP contribution is -2.51. The van der Waals surface area contributed by atoms with Gasteiger partial charge in [0.1, 0.15) is 5.75 Å². The number of methoxy groups -OCH3 is 1. The first kappa shape index (κ1) is 17.3. The number of rotatable bonds is 4. The molecule has 2 amide bonds. The third kappa shape index (κ3) is 3.18. The van der Waals surface area contributed by atoms with Crippen LogP contribution in [-0.2, 0) is 9.59 Å². The molecule has 3 fully saturated rings. The van der Waals surface area contributed by atoms with E-state index in [4.69, 9.17) is 4.74 Å². The minimum absolute atomic E-state index is 0.0446. The topological polar surface area (TPSA) is 53.1 Å². The largest absolute Gasteiger partial charge is 0.497 e. The molecule has 4 rings (SSSR count). The summed E-state index contributed by atoms with van der Waals surface area (Å²) in [4.78, 5) is 31.3. The fourth-order valence-corrected chi connectivity index (χ4v) is 4.51. The zero-order valence-electron chi connectivity index (χ0n) is 15.4. The molecule has 1 aromatic carbocycles. The van der Waals surface area contributed by atoms with E-state index in [1.165, 1.54) is 10.6 Å². The van der Waals surface area contributed by atoms with Gasteiger partial charge < -0.3 is 9.64 Å². The number of ether oxygens (including phenoxy) is 1. The van der Waals surface area contributed by atoms with Crippen LogP contribution in [0.1, 0.15) is 25.7 Å². The quantitative estimate of drug-likeness (QED) is 0.771. The fourth-order valence-electron chi connectivity index (χ4n) is 4.51. The number of hydrogen-bond acceptors (Lipinski definition) is 5. The number of anilines is 1. The molecule has 0 spiro atoms. The molecule has 0 aromatic heterocycles. The highest BCUT2D eigenvalue weighted by Crippen LogP contribution is 2.38. The molecule has 1 aromatic rings. The molecule has 2 aliphatic heterocycles. The van der Waals surface area contributed by atoms with Crippen LogP contribution in [-0.4, -0.2) is 61.6 Å². The van der Waals surface area contributed by atoms with Gasteiger partial charge in [0, 0.05) is 31.9 Å². The Balaban J connectivity index is 1.33. The summed E-state index contributed by atoms with van der Waals surface area (Å²) in [7, 11) is 1.67. The van der Waals surface area contributed by atoms with E-state index in [1.807, 2.05) is 12.1 Å². The second-order valence-electron chi connectivity index (χ2n) is 7.55. The Bertz CT molecular complexity index is 643. The summed E-state index contributed by atoms with van der Waals surface area (Å²) in [6, 6.07) is 8.11. The van der Waals surface area contributed by atoms with E-state index < -0.39 is 0 Å². The van der Waals surface area contributed by atoms with Crippen molar-refractivity contribution in [2.75, 3.05) is 44.9 Å². The average Bonchev–Trinajstić information content (AvgIpc) is 2.94. The molecule has 1 saturated carbocycles. The summed E-state index contributed by atoms with van der Waals surface area (Å²) in [6.45, 7) is 3.97. The standard InChI is InChI=1S/C20H27N3O3/c1-26-16-8-6-15(7-9-16)22-12-10-21(11-13-22)14-23-19(24)17-4-2-3-5-18(17)20(23)25/h6-9,17-18H,2-5,10-14H2,1H3/t17-,18-/m1/s1. The first-order valence-electron chi connectivity index (χ1n) is 9.64. The van der Waals surface area contributed by atoms with Gasteiger partial charge in [-0.1, -0.05) is 12.8 Å². The molecule has 1 aliphatic carbocycles. The van der Waals surface area contributed by atoms with Gasteiger partial charge in [-0.15, -0.1) is 0 Å². The molecular formula is C20H27N3O3. The van der Waals surface area contributed by atoms with Crippen LogP contribution in [0.4, 0.5) is 5.69 Å². The van der Waals surface area contributed by atoms with E-state index in [1.54, 1.807) is 7.11 Å². The molecule has 140 valence electrons. The molecular weight excluding hydrogens is 330 g/mol. The van der Waals surface area contributed by atoms with Crippen LogP contribution in [0.25, 0.3) is 0 Å². The van der Waals surface area contributed by atoms with E-state index in [-0.39, 0.29) is 23.7 Å². The smallest absolute Gasteiger partial charge is 0.234 e. The number of nitrogens with zero attached hydrogens (tertiary/aromatic N) is 3. The summed E-state index contributed by atoms with van der Waals surface area (Å²) in [5.41, 5.74) is 1.18. The molecule has 6 nitrogen and oxygen atoms in total. The van der Waals surface area contributed by atoms with Gasteiger partial charge in [-0.25, -0.2) is 0 Å². The van der Waals surface area contributed by atoms with Crippen LogP contribution in [0, 0.1) is 11.8 Å². The third-order valence-electron chi connectivity index (χ3n) is 6.08. The summed E-state index contributed by atoms with van der Waals surface area (Å²) in [6.07, 6.45) is 3.93. The number of hydrogen-bond donors (Lipinski definition) is 0. The van der Waals surface area contributed by atoms with Gasteiger partial charge in [0.25, 0.3) is 0 Å². The monoisotopic (exact) mass is 357 g/mol. The molecule has 0 bridgehead atoms. The maximum absolute atomic E-state index is 12.6. The van der Waals surface area contributed by atoms with Crippen LogP contribution in [0.3, 0.4) is 0 Å². The van der Waals surface area contributed by atoms with Crippen molar-refractivity contribution in [3.05, 3.63) is 24.3 Å². The molecule has 2 atom stereocenters. The maximum Gasteiger partial charge on any atom is 0.234 e. The van der Waals surface area contributed by atoms with Gasteiger partial charge >= 0.3 is 0 Å². The van der Waals surface area contributed by atoms with E-state index in [2.05, 4.69) is 21.9 Å². The van der Waals surface area contributed by atoms with E-state index in [9.17, 15) is 9.59 Å². The number of benzene rings is 1. The highest BCUT2D eigenvalue weighted by molar-refractivity contribution is 6.05. The van der Waals surface area contributed by atoms with Gasteiger partial charge in [0.2, 0.25) is 11.8 Å². The molecule has 0 N–H and O–H groups in total. The van der Waals surface area contributed by atoms with Crippen molar-refractivity contribution >= 4 is 17.5 Å². The second kappa shape index (κ2) is 7.27. The second-order valence-corrected chi connectivity index (χ2v) is 7.55. The van der Waals surface area contributed by atoms with Gasteiger partial charge in [-0.3, -0.25) is 19.4 Å². The predicted octanol–water partition coefficient (Wildman–Crippen LogP) is 1.95. The zero-order valence-corrected chi connectivity index (χ0v) is 15.4. The molecule has 0 unspecified atom stereocenters. The number of piperazine rings is 1. The molecule has 26 heavy (non-hydrogen) atoms. The van der Waals surface area contributed by atoms with Gasteiger partial charge in [-0.2, -0.15) is 0 Å². The molecule has 2 heterocycles. The Morgan fingerprint density at radius 3 is 2.04 bits per heavy atom. The van der Waals surface area contributed by atoms with Crippen molar-refractivity contribution in [2.45, 2.75) is 25.7 Å². The number of amides is 2. The maximum atomic E-state index is 12.6. The van der Waals surface area contributed by atoms with Crippen molar-refractivity contribution in [3.8, 4) is 5.75 Å². The van der Waals surface area contributed by atoms with E-state index in [0.717, 1.165) is 57.6 Å². The minimum atomic E-state index is -0.0446. The van der Waals surface area contributed by atoms with Crippen LogP contribution >= 0.6 is 0 Å². The van der Waals surface area contributed by atoms with Crippen molar-refractivity contribution in [1.82, 2.24) is 9.80 Å². The number of imide groups is 1. The van der Waals surface area contributed by atoms with Crippen molar-refractivity contribution in [1.29, 1.82) is 0 Å². The average molecular weight is 357 g/mol. The highest BCUT2D eigenvalue weighted by atomic mass is 16.5. The molecule has 2 saturated heterocycles. The summed E-state index contributed by atoms with van der Waals surface area (Å²) < 4.78 is 5.21. The first-order chi connectivity index (χ1) is 12.7. The van der Waals surface area contributed by atoms with Crippen molar-refractivity contribution in [2.24, 2.45) is 11.8 Å². The summed E-state index contributed by atoms with van der Waals surface area (Å²) in [5.74, 6) is 0.906. The summed E-state index contributed by atoms with van der Waals surface area (Å²) >= 11 is 0. The number of likely N-dealkylation sites (tertiary alicyclic amines) is 1. The van der Waals surface area contributed by atoms with Crippen LogP contribution < -0.4 is 9.64 Å². The van der Waals surface area contributed by atoms with Crippen LogP contribution in [0.15, 0.2) is 24.3 Å².